The van der Waals surface area contributed by atoms with E-state index < -0.39 is 0 Å². The second kappa shape index (κ2) is 7.17. The lowest BCUT2D eigenvalue weighted by Crippen LogP contribution is -2.33. The van der Waals surface area contributed by atoms with Crippen LogP contribution in [0.5, 0.6) is 0 Å². The molecule has 4 rings (SSSR count). The average molecular weight is 406 g/mol. The molecule has 1 saturated carbocycles. The number of fused-ring (bicyclic) bond motifs is 1. The maximum absolute atomic E-state index is 13.1. The monoisotopic (exact) mass is 405 g/mol. The maximum atomic E-state index is 13.1. The summed E-state index contributed by atoms with van der Waals surface area (Å²) in [6, 6.07) is 4.34. The minimum atomic E-state index is -0.283. The van der Waals surface area contributed by atoms with Crippen LogP contribution in [-0.4, -0.2) is 26.8 Å². The molecule has 3 aromatic heterocycles. The van der Waals surface area contributed by atoms with E-state index in [9.17, 15) is 9.59 Å². The van der Waals surface area contributed by atoms with E-state index in [-0.39, 0.29) is 16.7 Å². The number of thioether (sulfide) groups is 1. The van der Waals surface area contributed by atoms with Gasteiger partial charge in [-0.3, -0.25) is 14.2 Å². The van der Waals surface area contributed by atoms with E-state index in [1.165, 1.54) is 23.1 Å². The molecule has 0 radical (unpaired) electrons. The normalized spacial score (nSPS) is 15.3. The molecule has 1 fully saturated rings. The third-order valence-corrected chi connectivity index (χ3v) is 7.20. The molecule has 0 bridgehead atoms. The van der Waals surface area contributed by atoms with Gasteiger partial charge in [-0.25, -0.2) is 4.98 Å². The largest absolute Gasteiger partial charge is 0.352 e. The summed E-state index contributed by atoms with van der Waals surface area (Å²) in [5.41, 5.74) is 0.926. The van der Waals surface area contributed by atoms with Gasteiger partial charge in [0, 0.05) is 28.4 Å². The Morgan fingerprint density at radius 3 is 2.92 bits per heavy atom. The number of rotatable bonds is 6. The lowest BCUT2D eigenvalue weighted by atomic mass is 10.2. The number of nitrogens with zero attached hydrogens (tertiary/aromatic N) is 2. The molecule has 136 valence electrons. The molecular weight excluding hydrogens is 386 g/mol. The molecule has 1 atom stereocenters. The molecule has 3 aromatic rings. The number of carbonyl (C=O) groups is 1. The van der Waals surface area contributed by atoms with Crippen molar-refractivity contribution in [3.8, 4) is 10.4 Å². The molecular formula is C18H19N3O2S3. The number of amides is 1. The van der Waals surface area contributed by atoms with E-state index in [1.54, 1.807) is 15.9 Å². The predicted molar refractivity (Wildman–Crippen MR) is 109 cm³/mol. The summed E-state index contributed by atoms with van der Waals surface area (Å²) in [7, 11) is 0. The van der Waals surface area contributed by atoms with Gasteiger partial charge in [0.25, 0.3) is 5.56 Å². The van der Waals surface area contributed by atoms with Crippen LogP contribution in [-0.2, 0) is 11.3 Å². The molecule has 1 N–H and O–H groups in total. The fourth-order valence-electron chi connectivity index (χ4n) is 2.75. The van der Waals surface area contributed by atoms with Crippen LogP contribution < -0.4 is 10.9 Å². The molecule has 0 saturated heterocycles. The predicted octanol–water partition coefficient (Wildman–Crippen LogP) is 3.97. The molecule has 0 aromatic carbocycles. The molecule has 1 amide bonds. The second-order valence-electron chi connectivity index (χ2n) is 6.29. The SMILES string of the molecule is CCn1c(S[C@H](C)C(=O)NC2CC2)nc2scc(-c3cccs3)c2c1=O. The van der Waals surface area contributed by atoms with E-state index in [1.807, 2.05) is 36.7 Å². The van der Waals surface area contributed by atoms with Crippen molar-refractivity contribution in [3.63, 3.8) is 0 Å². The lowest BCUT2D eigenvalue weighted by molar-refractivity contribution is -0.120. The smallest absolute Gasteiger partial charge is 0.263 e. The number of thiophene rings is 2. The van der Waals surface area contributed by atoms with Crippen molar-refractivity contribution in [2.75, 3.05) is 0 Å². The van der Waals surface area contributed by atoms with Crippen molar-refractivity contribution in [1.82, 2.24) is 14.9 Å². The Labute approximate surface area is 163 Å². The third-order valence-electron chi connectivity index (χ3n) is 4.34. The number of carbonyl (C=O) groups excluding carboxylic acids is 1. The molecule has 26 heavy (non-hydrogen) atoms. The molecule has 1 aliphatic rings. The van der Waals surface area contributed by atoms with Gasteiger partial charge in [-0.1, -0.05) is 17.8 Å². The van der Waals surface area contributed by atoms with Crippen LogP contribution in [0.2, 0.25) is 0 Å². The summed E-state index contributed by atoms with van der Waals surface area (Å²) in [5, 5.41) is 8.04. The Bertz CT molecular complexity index is 1000. The van der Waals surface area contributed by atoms with Gasteiger partial charge < -0.3 is 5.32 Å². The Balaban J connectivity index is 1.71. The first-order chi connectivity index (χ1) is 12.6. The molecule has 0 aliphatic heterocycles. The van der Waals surface area contributed by atoms with E-state index in [4.69, 9.17) is 4.98 Å². The molecule has 0 unspecified atom stereocenters. The van der Waals surface area contributed by atoms with Gasteiger partial charge in [-0.05, 0) is 38.1 Å². The highest BCUT2D eigenvalue weighted by Gasteiger charge is 2.27. The summed E-state index contributed by atoms with van der Waals surface area (Å²) < 4.78 is 1.68. The van der Waals surface area contributed by atoms with E-state index in [0.717, 1.165) is 28.1 Å². The van der Waals surface area contributed by atoms with Crippen LogP contribution >= 0.6 is 34.4 Å². The number of hydrogen-bond acceptors (Lipinski definition) is 6. The van der Waals surface area contributed by atoms with Gasteiger partial charge in [0.1, 0.15) is 4.83 Å². The molecule has 3 heterocycles. The van der Waals surface area contributed by atoms with Crippen molar-refractivity contribution in [1.29, 1.82) is 0 Å². The fourth-order valence-corrected chi connectivity index (χ4v) is 5.53. The van der Waals surface area contributed by atoms with Crippen molar-refractivity contribution >= 4 is 50.6 Å². The summed E-state index contributed by atoms with van der Waals surface area (Å²) in [6.45, 7) is 4.33. The first kappa shape index (κ1) is 17.8. The number of nitrogens with one attached hydrogen (secondary N) is 1. The van der Waals surface area contributed by atoms with Gasteiger partial charge in [0.15, 0.2) is 5.16 Å². The zero-order valence-electron chi connectivity index (χ0n) is 14.5. The Kier molecular flexibility index (Phi) is 4.90. The highest BCUT2D eigenvalue weighted by Crippen LogP contribution is 2.35. The van der Waals surface area contributed by atoms with Crippen LogP contribution in [0.4, 0.5) is 0 Å². The third kappa shape index (κ3) is 3.33. The van der Waals surface area contributed by atoms with Crippen LogP contribution in [0.15, 0.2) is 32.8 Å². The van der Waals surface area contributed by atoms with Gasteiger partial charge >= 0.3 is 0 Å². The van der Waals surface area contributed by atoms with Gasteiger partial charge in [-0.15, -0.1) is 22.7 Å². The Morgan fingerprint density at radius 1 is 1.46 bits per heavy atom. The zero-order valence-corrected chi connectivity index (χ0v) is 17.0. The zero-order chi connectivity index (χ0) is 18.3. The topological polar surface area (TPSA) is 64.0 Å². The summed E-state index contributed by atoms with van der Waals surface area (Å²) >= 11 is 4.46. The minimum absolute atomic E-state index is 0.0138. The van der Waals surface area contributed by atoms with Crippen LogP contribution in [0.1, 0.15) is 26.7 Å². The van der Waals surface area contributed by atoms with Crippen molar-refractivity contribution in [3.05, 3.63) is 33.2 Å². The summed E-state index contributed by atoms with van der Waals surface area (Å²) in [5.74, 6) is 0.0138. The highest BCUT2D eigenvalue weighted by molar-refractivity contribution is 8.00. The molecule has 0 spiro atoms. The van der Waals surface area contributed by atoms with Crippen molar-refractivity contribution in [2.24, 2.45) is 0 Å². The van der Waals surface area contributed by atoms with Gasteiger partial charge in [0.2, 0.25) is 5.91 Å². The average Bonchev–Trinajstić information content (AvgIpc) is 3.11. The van der Waals surface area contributed by atoms with E-state index in [2.05, 4.69) is 5.32 Å². The molecule has 1 aliphatic carbocycles. The van der Waals surface area contributed by atoms with Crippen molar-refractivity contribution in [2.45, 2.75) is 49.7 Å². The standard InChI is InChI=1S/C18H19N3O2S3/c1-3-21-17(23)14-12(13-5-4-8-24-13)9-25-16(14)20-18(21)26-10(2)15(22)19-11-6-7-11/h4-5,8-11H,3,6-7H2,1-2H3,(H,19,22)/t10-/m1/s1. The Morgan fingerprint density at radius 2 is 2.27 bits per heavy atom. The number of aromatic nitrogens is 2. The van der Waals surface area contributed by atoms with Crippen molar-refractivity contribution < 1.29 is 4.79 Å². The fraction of sp³-hybridized carbons (Fsp3) is 0.389. The summed E-state index contributed by atoms with van der Waals surface area (Å²) in [4.78, 5) is 31.9. The first-order valence-electron chi connectivity index (χ1n) is 8.61. The quantitative estimate of drug-likeness (QED) is 0.498. The second-order valence-corrected chi connectivity index (χ2v) is 9.41. The van der Waals surface area contributed by atoms with Crippen LogP contribution in [0.3, 0.4) is 0 Å². The van der Waals surface area contributed by atoms with Gasteiger partial charge in [0.05, 0.1) is 10.6 Å². The minimum Gasteiger partial charge on any atom is -0.352 e. The summed E-state index contributed by atoms with van der Waals surface area (Å²) in [6.07, 6.45) is 2.13. The van der Waals surface area contributed by atoms with E-state index >= 15 is 0 Å². The van der Waals surface area contributed by atoms with Gasteiger partial charge in [-0.2, -0.15) is 0 Å². The lowest BCUT2D eigenvalue weighted by Gasteiger charge is -2.14. The van der Waals surface area contributed by atoms with Crippen LogP contribution in [0.25, 0.3) is 20.7 Å². The Hall–Kier alpha value is -1.64. The van der Waals surface area contributed by atoms with E-state index in [0.29, 0.717) is 23.1 Å². The highest BCUT2D eigenvalue weighted by atomic mass is 32.2. The van der Waals surface area contributed by atoms with Crippen LogP contribution in [0, 0.1) is 0 Å². The maximum Gasteiger partial charge on any atom is 0.263 e. The molecule has 5 nitrogen and oxygen atoms in total. The molecule has 8 heteroatoms. The first-order valence-corrected chi connectivity index (χ1v) is 11.2. The number of hydrogen-bond donors (Lipinski definition) is 1.